The number of nitrogens with two attached hydrogens (primary N) is 1. The highest BCUT2D eigenvalue weighted by atomic mass is 19.2. The van der Waals surface area contributed by atoms with E-state index in [9.17, 15) is 8.78 Å². The van der Waals surface area contributed by atoms with E-state index in [1.54, 1.807) is 0 Å². The number of hydrogen-bond donors (Lipinski definition) is 1. The molecule has 0 aromatic heterocycles. The standard InChI is InChI=1S/C12H18F2N2O/c1-2-3-4-11(13)12(14)5-6-16-8-10(7-15)17-9-16/h2,4-5,10H,1,3,6-9,15H2. The van der Waals surface area contributed by atoms with E-state index < -0.39 is 11.7 Å². The van der Waals surface area contributed by atoms with E-state index in [4.69, 9.17) is 10.5 Å². The molecule has 1 unspecified atom stereocenters. The molecule has 0 spiro atoms. The van der Waals surface area contributed by atoms with Gasteiger partial charge in [0.2, 0.25) is 0 Å². The van der Waals surface area contributed by atoms with Crippen molar-refractivity contribution in [2.24, 2.45) is 5.73 Å². The molecule has 1 fully saturated rings. The fourth-order valence-corrected chi connectivity index (χ4v) is 1.47. The summed E-state index contributed by atoms with van der Waals surface area (Å²) in [5, 5.41) is 0. The summed E-state index contributed by atoms with van der Waals surface area (Å²) < 4.78 is 31.6. The van der Waals surface area contributed by atoms with Gasteiger partial charge in [-0.25, -0.2) is 8.78 Å². The molecule has 0 amide bonds. The first-order chi connectivity index (χ1) is 8.17. The van der Waals surface area contributed by atoms with Crippen LogP contribution in [0.25, 0.3) is 0 Å². The maximum Gasteiger partial charge on any atom is 0.155 e. The fraction of sp³-hybridized carbons (Fsp3) is 0.500. The zero-order valence-corrected chi connectivity index (χ0v) is 9.74. The maximum absolute atomic E-state index is 13.2. The van der Waals surface area contributed by atoms with Crippen molar-refractivity contribution in [2.75, 3.05) is 26.4 Å². The van der Waals surface area contributed by atoms with Crippen LogP contribution in [-0.2, 0) is 4.74 Å². The van der Waals surface area contributed by atoms with Crippen molar-refractivity contribution in [3.8, 4) is 0 Å². The summed E-state index contributed by atoms with van der Waals surface area (Å²) in [6, 6.07) is 0. The minimum absolute atomic E-state index is 0.00684. The number of rotatable bonds is 6. The van der Waals surface area contributed by atoms with Crippen LogP contribution < -0.4 is 5.73 Å². The Bertz CT molecular complexity index is 316. The van der Waals surface area contributed by atoms with E-state index in [0.29, 0.717) is 32.8 Å². The normalized spacial score (nSPS) is 23.1. The topological polar surface area (TPSA) is 38.5 Å². The summed E-state index contributed by atoms with van der Waals surface area (Å²) in [5.41, 5.74) is 5.44. The zero-order valence-electron chi connectivity index (χ0n) is 9.74. The smallest absolute Gasteiger partial charge is 0.155 e. The Balaban J connectivity index is 2.40. The second kappa shape index (κ2) is 7.32. The molecule has 1 heterocycles. The largest absolute Gasteiger partial charge is 0.360 e. The summed E-state index contributed by atoms with van der Waals surface area (Å²) in [7, 11) is 0. The van der Waals surface area contributed by atoms with Crippen molar-refractivity contribution >= 4 is 0 Å². The lowest BCUT2D eigenvalue weighted by Gasteiger charge is -2.09. The van der Waals surface area contributed by atoms with Gasteiger partial charge in [0.15, 0.2) is 11.7 Å². The van der Waals surface area contributed by atoms with Crippen molar-refractivity contribution in [3.63, 3.8) is 0 Å². The van der Waals surface area contributed by atoms with Crippen LogP contribution in [0.5, 0.6) is 0 Å². The van der Waals surface area contributed by atoms with Gasteiger partial charge >= 0.3 is 0 Å². The van der Waals surface area contributed by atoms with E-state index in [0.717, 1.165) is 6.08 Å². The second-order valence-corrected chi connectivity index (χ2v) is 3.82. The third kappa shape index (κ3) is 4.77. The summed E-state index contributed by atoms with van der Waals surface area (Å²) in [5.74, 6) is -1.69. The monoisotopic (exact) mass is 244 g/mol. The van der Waals surface area contributed by atoms with Gasteiger partial charge in [0.1, 0.15) is 0 Å². The van der Waals surface area contributed by atoms with Crippen LogP contribution in [0.1, 0.15) is 6.42 Å². The van der Waals surface area contributed by atoms with Crippen LogP contribution in [0.4, 0.5) is 8.78 Å². The van der Waals surface area contributed by atoms with Gasteiger partial charge in [0, 0.05) is 19.6 Å². The van der Waals surface area contributed by atoms with E-state index >= 15 is 0 Å². The van der Waals surface area contributed by atoms with E-state index in [1.807, 2.05) is 4.90 Å². The fourth-order valence-electron chi connectivity index (χ4n) is 1.47. The summed E-state index contributed by atoms with van der Waals surface area (Å²) in [4.78, 5) is 1.86. The number of ether oxygens (including phenoxy) is 1. The lowest BCUT2D eigenvalue weighted by molar-refractivity contribution is 0.0967. The van der Waals surface area contributed by atoms with Crippen LogP contribution >= 0.6 is 0 Å². The molecule has 0 aliphatic carbocycles. The van der Waals surface area contributed by atoms with Gasteiger partial charge in [0.05, 0.1) is 12.8 Å². The molecule has 2 N–H and O–H groups in total. The third-order valence-corrected chi connectivity index (χ3v) is 2.44. The van der Waals surface area contributed by atoms with Gasteiger partial charge in [-0.1, -0.05) is 6.08 Å². The molecule has 1 aliphatic rings. The Labute approximate surface area is 100 Å². The lowest BCUT2D eigenvalue weighted by Crippen LogP contribution is -2.26. The van der Waals surface area contributed by atoms with Gasteiger partial charge in [-0.3, -0.25) is 4.90 Å². The van der Waals surface area contributed by atoms with Crippen LogP contribution in [-0.4, -0.2) is 37.4 Å². The number of hydrogen-bond acceptors (Lipinski definition) is 3. The average Bonchev–Trinajstić information content (AvgIpc) is 2.80. The molecule has 0 bridgehead atoms. The van der Waals surface area contributed by atoms with Gasteiger partial charge in [-0.05, 0) is 18.6 Å². The molecule has 3 nitrogen and oxygen atoms in total. The first-order valence-electron chi connectivity index (χ1n) is 5.54. The Morgan fingerprint density at radius 2 is 2.12 bits per heavy atom. The first-order valence-corrected chi connectivity index (χ1v) is 5.54. The quantitative estimate of drug-likeness (QED) is 0.573. The van der Waals surface area contributed by atoms with Crippen LogP contribution in [0, 0.1) is 0 Å². The molecule has 0 saturated carbocycles. The molecule has 0 aromatic rings. The van der Waals surface area contributed by atoms with Crippen molar-refractivity contribution in [2.45, 2.75) is 12.5 Å². The molecule has 17 heavy (non-hydrogen) atoms. The molecular formula is C12H18F2N2O. The molecule has 0 radical (unpaired) electrons. The summed E-state index contributed by atoms with van der Waals surface area (Å²) in [6.45, 7) is 5.24. The second-order valence-electron chi connectivity index (χ2n) is 3.82. The van der Waals surface area contributed by atoms with Crippen LogP contribution in [0.15, 0.2) is 36.5 Å². The minimum atomic E-state index is -0.847. The van der Waals surface area contributed by atoms with Crippen molar-refractivity contribution < 1.29 is 13.5 Å². The van der Waals surface area contributed by atoms with Crippen LogP contribution in [0.2, 0.25) is 0 Å². The number of nitrogens with zero attached hydrogens (tertiary/aromatic N) is 1. The van der Waals surface area contributed by atoms with E-state index in [-0.39, 0.29) is 6.10 Å². The average molecular weight is 244 g/mol. The molecule has 0 aromatic carbocycles. The van der Waals surface area contributed by atoms with Crippen molar-refractivity contribution in [1.29, 1.82) is 0 Å². The van der Waals surface area contributed by atoms with Gasteiger partial charge in [-0.2, -0.15) is 0 Å². The SMILES string of the molecule is C=CCC=C(F)C(F)=CCN1COC(CN)C1. The molecule has 1 aliphatic heterocycles. The molecule has 1 rings (SSSR count). The highest BCUT2D eigenvalue weighted by Crippen LogP contribution is 2.15. The summed E-state index contributed by atoms with van der Waals surface area (Å²) in [6.07, 6.45) is 4.18. The van der Waals surface area contributed by atoms with E-state index in [2.05, 4.69) is 6.58 Å². The summed E-state index contributed by atoms with van der Waals surface area (Å²) >= 11 is 0. The third-order valence-electron chi connectivity index (χ3n) is 2.44. The Morgan fingerprint density at radius 1 is 1.41 bits per heavy atom. The van der Waals surface area contributed by atoms with Crippen LogP contribution in [0.3, 0.4) is 0 Å². The number of allylic oxidation sites excluding steroid dienone is 4. The minimum Gasteiger partial charge on any atom is -0.360 e. The highest BCUT2D eigenvalue weighted by Gasteiger charge is 2.20. The van der Waals surface area contributed by atoms with E-state index in [1.165, 1.54) is 12.2 Å². The lowest BCUT2D eigenvalue weighted by atomic mass is 10.3. The molecule has 96 valence electrons. The molecule has 5 heteroatoms. The Kier molecular flexibility index (Phi) is 6.04. The van der Waals surface area contributed by atoms with Crippen molar-refractivity contribution in [1.82, 2.24) is 4.90 Å². The molecule has 1 saturated heterocycles. The van der Waals surface area contributed by atoms with Crippen molar-refractivity contribution in [3.05, 3.63) is 36.5 Å². The Morgan fingerprint density at radius 3 is 2.71 bits per heavy atom. The number of halogens is 2. The predicted octanol–water partition coefficient (Wildman–Crippen LogP) is 1.89. The van der Waals surface area contributed by atoms with Gasteiger partial charge in [0.25, 0.3) is 0 Å². The maximum atomic E-state index is 13.2. The predicted molar refractivity (Wildman–Crippen MR) is 63.6 cm³/mol. The Hall–Kier alpha value is -1.04. The zero-order chi connectivity index (χ0) is 12.7. The highest BCUT2D eigenvalue weighted by molar-refractivity contribution is 5.19. The molecule has 1 atom stereocenters. The molecular weight excluding hydrogens is 226 g/mol. The van der Waals surface area contributed by atoms with Gasteiger partial charge < -0.3 is 10.5 Å². The first kappa shape index (κ1) is 14.0. The van der Waals surface area contributed by atoms with Gasteiger partial charge in [-0.15, -0.1) is 6.58 Å².